The molecule has 0 aliphatic carbocycles. The summed E-state index contributed by atoms with van der Waals surface area (Å²) >= 11 is 6.06. The van der Waals surface area contributed by atoms with Gasteiger partial charge in [0.15, 0.2) is 0 Å². The SMILES string of the molecule is CC[C@H](C(=O)NC(C)C)N(Cc1cccc(OC)c1)C(=O)CN(c1cccc(Cl)c1)S(C)(=O)=O. The first-order valence-corrected chi connectivity index (χ1v) is 13.1. The number of rotatable bonds is 11. The van der Waals surface area contributed by atoms with Crippen molar-refractivity contribution >= 4 is 39.1 Å². The number of hydrogen-bond donors (Lipinski definition) is 1. The molecule has 2 amide bonds. The van der Waals surface area contributed by atoms with Gasteiger partial charge in [-0.2, -0.15) is 0 Å². The second kappa shape index (κ2) is 12.1. The van der Waals surface area contributed by atoms with Gasteiger partial charge in [-0.05, 0) is 56.2 Å². The second-order valence-corrected chi connectivity index (χ2v) is 10.6. The minimum atomic E-state index is -3.81. The molecule has 0 spiro atoms. The number of amides is 2. The van der Waals surface area contributed by atoms with Gasteiger partial charge in [0.2, 0.25) is 21.8 Å². The minimum absolute atomic E-state index is 0.104. The van der Waals surface area contributed by atoms with E-state index in [0.717, 1.165) is 16.1 Å². The van der Waals surface area contributed by atoms with E-state index in [9.17, 15) is 18.0 Å². The quantitative estimate of drug-likeness (QED) is 0.500. The first-order valence-electron chi connectivity index (χ1n) is 10.9. The highest BCUT2D eigenvalue weighted by Crippen LogP contribution is 2.23. The summed E-state index contributed by atoms with van der Waals surface area (Å²) in [4.78, 5) is 28.0. The van der Waals surface area contributed by atoms with Gasteiger partial charge in [0.05, 0.1) is 19.1 Å². The number of benzene rings is 2. The lowest BCUT2D eigenvalue weighted by atomic mass is 10.1. The number of hydrogen-bond acceptors (Lipinski definition) is 5. The number of methoxy groups -OCH3 is 1. The lowest BCUT2D eigenvalue weighted by Gasteiger charge is -2.33. The van der Waals surface area contributed by atoms with Gasteiger partial charge in [-0.25, -0.2) is 8.42 Å². The zero-order valence-corrected chi connectivity index (χ0v) is 21.7. The highest BCUT2D eigenvalue weighted by atomic mass is 35.5. The van der Waals surface area contributed by atoms with Crippen LogP contribution in [0, 0.1) is 0 Å². The zero-order valence-electron chi connectivity index (χ0n) is 20.1. The standard InChI is InChI=1S/C24H32ClN3O5S/c1-6-22(24(30)26-17(2)3)27(15-18-9-7-12-21(13-18)33-4)23(29)16-28(34(5,31)32)20-11-8-10-19(25)14-20/h7-14,17,22H,6,15-16H2,1-5H3,(H,26,30)/t22-/m1/s1. The molecule has 0 aliphatic heterocycles. The summed E-state index contributed by atoms with van der Waals surface area (Å²) in [6.07, 6.45) is 1.38. The van der Waals surface area contributed by atoms with E-state index in [1.165, 1.54) is 11.0 Å². The molecule has 10 heteroatoms. The first kappa shape index (κ1) is 27.5. The number of halogens is 1. The van der Waals surface area contributed by atoms with E-state index in [1.807, 2.05) is 26.8 Å². The van der Waals surface area contributed by atoms with Gasteiger partial charge in [-0.3, -0.25) is 13.9 Å². The second-order valence-electron chi connectivity index (χ2n) is 8.21. The van der Waals surface area contributed by atoms with Crippen LogP contribution in [-0.4, -0.2) is 57.1 Å². The number of ether oxygens (including phenoxy) is 1. The van der Waals surface area contributed by atoms with Gasteiger partial charge in [0, 0.05) is 17.6 Å². The molecule has 0 bridgehead atoms. The fraction of sp³-hybridized carbons (Fsp3) is 0.417. The third kappa shape index (κ3) is 7.63. The molecule has 2 rings (SSSR count). The third-order valence-corrected chi connectivity index (χ3v) is 6.45. The zero-order chi connectivity index (χ0) is 25.5. The average molecular weight is 510 g/mol. The fourth-order valence-corrected chi connectivity index (χ4v) is 4.54. The van der Waals surface area contributed by atoms with Gasteiger partial charge >= 0.3 is 0 Å². The number of sulfonamides is 1. The Morgan fingerprint density at radius 2 is 1.79 bits per heavy atom. The summed E-state index contributed by atoms with van der Waals surface area (Å²) in [6.45, 7) is 5.11. The summed E-state index contributed by atoms with van der Waals surface area (Å²) in [5, 5.41) is 3.20. The lowest BCUT2D eigenvalue weighted by Crippen LogP contribution is -2.53. The molecule has 8 nitrogen and oxygen atoms in total. The number of carbonyl (C=O) groups excluding carboxylic acids is 2. The topological polar surface area (TPSA) is 96.0 Å². The fourth-order valence-electron chi connectivity index (χ4n) is 3.51. The van der Waals surface area contributed by atoms with Gasteiger partial charge in [-0.1, -0.05) is 36.7 Å². The Morgan fingerprint density at radius 1 is 1.12 bits per heavy atom. The average Bonchev–Trinajstić information content (AvgIpc) is 2.76. The first-order chi connectivity index (χ1) is 16.0. The van der Waals surface area contributed by atoms with Crippen LogP contribution in [0.3, 0.4) is 0 Å². The molecule has 2 aromatic rings. The Bertz CT molecular complexity index is 1110. The Morgan fingerprint density at radius 3 is 2.35 bits per heavy atom. The van der Waals surface area contributed by atoms with Crippen molar-refractivity contribution in [1.29, 1.82) is 0 Å². The van der Waals surface area contributed by atoms with E-state index < -0.39 is 28.5 Å². The number of carbonyl (C=O) groups is 2. The van der Waals surface area contributed by atoms with Crippen molar-refractivity contribution in [3.8, 4) is 5.75 Å². The predicted molar refractivity (Wildman–Crippen MR) is 135 cm³/mol. The molecule has 0 unspecified atom stereocenters. The van der Waals surface area contributed by atoms with Crippen LogP contribution in [0.5, 0.6) is 5.75 Å². The summed E-state index contributed by atoms with van der Waals surface area (Å²) in [7, 11) is -2.27. The Hall–Kier alpha value is -2.78. The molecule has 0 aromatic heterocycles. The number of nitrogens with zero attached hydrogens (tertiary/aromatic N) is 2. The Kier molecular flexibility index (Phi) is 9.76. The molecular formula is C24H32ClN3O5S. The van der Waals surface area contributed by atoms with Crippen LogP contribution in [-0.2, 0) is 26.2 Å². The van der Waals surface area contributed by atoms with E-state index in [4.69, 9.17) is 16.3 Å². The molecule has 1 N–H and O–H groups in total. The molecule has 34 heavy (non-hydrogen) atoms. The van der Waals surface area contributed by atoms with Crippen molar-refractivity contribution in [1.82, 2.24) is 10.2 Å². The predicted octanol–water partition coefficient (Wildman–Crippen LogP) is 3.45. The molecule has 0 saturated heterocycles. The summed E-state index contributed by atoms with van der Waals surface area (Å²) in [5.41, 5.74) is 1.02. The molecule has 186 valence electrons. The van der Waals surface area contributed by atoms with Crippen molar-refractivity contribution in [2.24, 2.45) is 0 Å². The maximum Gasteiger partial charge on any atom is 0.244 e. The Labute approximate surface area is 206 Å². The highest BCUT2D eigenvalue weighted by molar-refractivity contribution is 7.92. The molecule has 1 atom stereocenters. The van der Waals surface area contributed by atoms with Gasteiger partial charge in [0.1, 0.15) is 18.3 Å². The van der Waals surface area contributed by atoms with Crippen LogP contribution in [0.1, 0.15) is 32.8 Å². The number of anilines is 1. The molecule has 0 radical (unpaired) electrons. The van der Waals surface area contributed by atoms with Crippen molar-refractivity contribution < 1.29 is 22.7 Å². The summed E-state index contributed by atoms with van der Waals surface area (Å²) in [6, 6.07) is 12.5. The molecule has 0 heterocycles. The largest absolute Gasteiger partial charge is 0.497 e. The molecule has 0 fully saturated rings. The lowest BCUT2D eigenvalue weighted by molar-refractivity contribution is -0.140. The molecular weight excluding hydrogens is 478 g/mol. The van der Waals surface area contributed by atoms with Crippen LogP contribution in [0.15, 0.2) is 48.5 Å². The van der Waals surface area contributed by atoms with Crippen LogP contribution >= 0.6 is 11.6 Å². The van der Waals surface area contributed by atoms with Crippen LogP contribution in [0.2, 0.25) is 5.02 Å². The van der Waals surface area contributed by atoms with Crippen LogP contribution in [0.4, 0.5) is 5.69 Å². The van der Waals surface area contributed by atoms with Crippen molar-refractivity contribution in [2.75, 3.05) is 24.2 Å². The van der Waals surface area contributed by atoms with E-state index >= 15 is 0 Å². The van der Waals surface area contributed by atoms with Gasteiger partial charge in [0.25, 0.3) is 0 Å². The van der Waals surface area contributed by atoms with Crippen LogP contribution in [0.25, 0.3) is 0 Å². The highest BCUT2D eigenvalue weighted by Gasteiger charge is 2.32. The smallest absolute Gasteiger partial charge is 0.244 e. The van der Waals surface area contributed by atoms with Gasteiger partial charge in [-0.15, -0.1) is 0 Å². The van der Waals surface area contributed by atoms with Crippen molar-refractivity contribution in [2.45, 2.75) is 45.8 Å². The minimum Gasteiger partial charge on any atom is -0.497 e. The van der Waals surface area contributed by atoms with E-state index in [1.54, 1.807) is 43.5 Å². The summed E-state index contributed by atoms with van der Waals surface area (Å²) in [5.74, 6) is -0.206. The Balaban J connectivity index is 2.46. The maximum absolute atomic E-state index is 13.6. The molecule has 0 saturated carbocycles. The molecule has 2 aromatic carbocycles. The van der Waals surface area contributed by atoms with E-state index in [-0.39, 0.29) is 24.2 Å². The maximum atomic E-state index is 13.6. The van der Waals surface area contributed by atoms with Crippen LogP contribution < -0.4 is 14.4 Å². The summed E-state index contributed by atoms with van der Waals surface area (Å²) < 4.78 is 31.4. The van der Waals surface area contributed by atoms with E-state index in [0.29, 0.717) is 17.2 Å². The normalized spacial score (nSPS) is 12.2. The number of nitrogens with one attached hydrogen (secondary N) is 1. The van der Waals surface area contributed by atoms with Crippen molar-refractivity contribution in [3.05, 3.63) is 59.1 Å². The monoisotopic (exact) mass is 509 g/mol. The van der Waals surface area contributed by atoms with E-state index in [2.05, 4.69) is 5.32 Å². The third-order valence-electron chi connectivity index (χ3n) is 5.08. The van der Waals surface area contributed by atoms with Crippen molar-refractivity contribution in [3.63, 3.8) is 0 Å². The molecule has 0 aliphatic rings. The van der Waals surface area contributed by atoms with Gasteiger partial charge < -0.3 is 15.0 Å².